The summed E-state index contributed by atoms with van der Waals surface area (Å²) in [7, 11) is -4.14. The van der Waals surface area contributed by atoms with E-state index in [1.165, 1.54) is 30.5 Å². The molecule has 12 nitrogen and oxygen atoms in total. The highest BCUT2D eigenvalue weighted by Crippen LogP contribution is 2.27. The van der Waals surface area contributed by atoms with Crippen LogP contribution >= 0.6 is 0 Å². The Labute approximate surface area is 238 Å². The number of aryl methyl sites for hydroxylation is 1. The SMILES string of the molecule is CCOc1ccc(S(=O)(=O)N(CC(=O)N/N=C\c2cc([N+](=O)[O-])ccc2N2CCOCC2)c2ccc(C)cc2)cc1. The molecule has 0 aliphatic carbocycles. The van der Waals surface area contributed by atoms with Gasteiger partial charge in [-0.3, -0.25) is 19.2 Å². The van der Waals surface area contributed by atoms with Gasteiger partial charge in [-0.15, -0.1) is 0 Å². The van der Waals surface area contributed by atoms with Crippen LogP contribution in [0.3, 0.4) is 0 Å². The second kappa shape index (κ2) is 13.2. The van der Waals surface area contributed by atoms with Crippen molar-refractivity contribution in [3.8, 4) is 5.75 Å². The largest absolute Gasteiger partial charge is 0.494 e. The first-order chi connectivity index (χ1) is 19.7. The number of anilines is 2. The first-order valence-electron chi connectivity index (χ1n) is 12.9. The van der Waals surface area contributed by atoms with Crippen LogP contribution in [0.5, 0.6) is 5.75 Å². The third-order valence-electron chi connectivity index (χ3n) is 6.30. The van der Waals surface area contributed by atoms with E-state index in [1.807, 2.05) is 18.7 Å². The summed E-state index contributed by atoms with van der Waals surface area (Å²) in [6.07, 6.45) is 1.31. The van der Waals surface area contributed by atoms with E-state index in [0.29, 0.717) is 55.6 Å². The summed E-state index contributed by atoms with van der Waals surface area (Å²) >= 11 is 0. The van der Waals surface area contributed by atoms with Gasteiger partial charge < -0.3 is 14.4 Å². The van der Waals surface area contributed by atoms with E-state index in [0.717, 1.165) is 9.87 Å². The predicted molar refractivity (Wildman–Crippen MR) is 155 cm³/mol. The number of hydrazone groups is 1. The molecule has 1 amide bonds. The molecule has 1 aliphatic rings. The van der Waals surface area contributed by atoms with Crippen molar-refractivity contribution in [2.45, 2.75) is 18.7 Å². The van der Waals surface area contributed by atoms with Gasteiger partial charge in [0, 0.05) is 36.5 Å². The highest BCUT2D eigenvalue weighted by Gasteiger charge is 2.27. The Morgan fingerprint density at radius 3 is 2.44 bits per heavy atom. The maximum atomic E-state index is 13.6. The van der Waals surface area contributed by atoms with E-state index in [4.69, 9.17) is 9.47 Å². The maximum absolute atomic E-state index is 13.6. The van der Waals surface area contributed by atoms with Crippen molar-refractivity contribution >= 4 is 39.2 Å². The predicted octanol–water partition coefficient (Wildman–Crippen LogP) is 3.48. The molecule has 3 aromatic rings. The van der Waals surface area contributed by atoms with Gasteiger partial charge in [0.15, 0.2) is 0 Å². The molecule has 0 bridgehead atoms. The number of amides is 1. The minimum Gasteiger partial charge on any atom is -0.494 e. The van der Waals surface area contributed by atoms with Gasteiger partial charge in [-0.1, -0.05) is 17.7 Å². The third kappa shape index (κ3) is 7.38. The number of hydrogen-bond acceptors (Lipinski definition) is 9. The lowest BCUT2D eigenvalue weighted by atomic mass is 10.1. The molecule has 0 aromatic heterocycles. The van der Waals surface area contributed by atoms with Crippen LogP contribution in [-0.2, 0) is 19.6 Å². The molecule has 1 aliphatic heterocycles. The Bertz CT molecular complexity index is 1500. The molecule has 0 radical (unpaired) electrons. The second-order valence-electron chi connectivity index (χ2n) is 9.14. The summed E-state index contributed by atoms with van der Waals surface area (Å²) in [6.45, 7) is 5.81. The molecule has 0 spiro atoms. The first-order valence-corrected chi connectivity index (χ1v) is 14.4. The molecular formula is C28H31N5O7S. The quantitative estimate of drug-likeness (QED) is 0.206. The van der Waals surface area contributed by atoms with Crippen LogP contribution in [0.1, 0.15) is 18.1 Å². The number of hydrogen-bond donors (Lipinski definition) is 1. The number of benzene rings is 3. The summed E-state index contributed by atoms with van der Waals surface area (Å²) in [5.74, 6) is -0.173. The fourth-order valence-corrected chi connectivity index (χ4v) is 5.64. The van der Waals surface area contributed by atoms with E-state index >= 15 is 0 Å². The normalized spacial score (nSPS) is 13.7. The van der Waals surface area contributed by atoms with Crippen molar-refractivity contribution in [3.63, 3.8) is 0 Å². The standard InChI is InChI=1S/C28H31N5O7S/c1-3-40-25-9-11-26(12-10-25)41(37,38)32(23-6-4-21(2)5-7-23)20-28(34)30-29-19-22-18-24(33(35)36)8-13-27(22)31-14-16-39-17-15-31/h4-13,18-19H,3,14-17,20H2,1-2H3,(H,30,34)/b29-19-. The maximum Gasteiger partial charge on any atom is 0.270 e. The van der Waals surface area contributed by atoms with Crippen molar-refractivity contribution in [2.24, 2.45) is 5.10 Å². The third-order valence-corrected chi connectivity index (χ3v) is 8.09. The number of nitro benzene ring substituents is 1. The molecule has 1 N–H and O–H groups in total. The van der Waals surface area contributed by atoms with Gasteiger partial charge in [0.2, 0.25) is 0 Å². The van der Waals surface area contributed by atoms with Crippen molar-refractivity contribution < 1.29 is 27.6 Å². The highest BCUT2D eigenvalue weighted by molar-refractivity contribution is 7.92. The van der Waals surface area contributed by atoms with Gasteiger partial charge >= 0.3 is 0 Å². The van der Waals surface area contributed by atoms with Crippen molar-refractivity contribution in [1.82, 2.24) is 5.43 Å². The molecule has 0 saturated carbocycles. The van der Waals surface area contributed by atoms with E-state index in [1.54, 1.807) is 42.5 Å². The molecule has 0 atom stereocenters. The summed E-state index contributed by atoms with van der Waals surface area (Å²) in [4.78, 5) is 25.8. The van der Waals surface area contributed by atoms with E-state index in [-0.39, 0.29) is 10.6 Å². The molecule has 1 heterocycles. The zero-order valence-electron chi connectivity index (χ0n) is 22.7. The number of nitrogens with zero attached hydrogens (tertiary/aromatic N) is 4. The number of carbonyl (C=O) groups is 1. The van der Waals surface area contributed by atoms with Crippen LogP contribution in [0.15, 0.2) is 76.7 Å². The van der Waals surface area contributed by atoms with E-state index in [2.05, 4.69) is 10.5 Å². The molecular weight excluding hydrogens is 550 g/mol. The van der Waals surface area contributed by atoms with Gasteiger partial charge in [0.1, 0.15) is 12.3 Å². The van der Waals surface area contributed by atoms with Crippen LogP contribution in [0.25, 0.3) is 0 Å². The van der Waals surface area contributed by atoms with Crippen LogP contribution in [0.4, 0.5) is 17.1 Å². The van der Waals surface area contributed by atoms with Gasteiger partial charge in [-0.2, -0.15) is 5.10 Å². The Morgan fingerprint density at radius 2 is 1.80 bits per heavy atom. The van der Waals surface area contributed by atoms with Gasteiger partial charge in [0.25, 0.3) is 21.6 Å². The number of sulfonamides is 1. The Kier molecular flexibility index (Phi) is 9.53. The lowest BCUT2D eigenvalue weighted by Gasteiger charge is -2.29. The number of non-ortho nitro benzene ring substituents is 1. The topological polar surface area (TPSA) is 144 Å². The van der Waals surface area contributed by atoms with Crippen molar-refractivity contribution in [2.75, 3.05) is 48.7 Å². The molecule has 4 rings (SSSR count). The Hall–Kier alpha value is -4.49. The second-order valence-corrected chi connectivity index (χ2v) is 11.0. The smallest absolute Gasteiger partial charge is 0.270 e. The Morgan fingerprint density at radius 1 is 1.12 bits per heavy atom. The van der Waals surface area contributed by atoms with Crippen LogP contribution in [0.2, 0.25) is 0 Å². The lowest BCUT2D eigenvalue weighted by Crippen LogP contribution is -2.39. The number of nitrogens with one attached hydrogen (secondary N) is 1. The first kappa shape index (κ1) is 29.5. The zero-order chi connectivity index (χ0) is 29.4. The fourth-order valence-electron chi connectivity index (χ4n) is 4.22. The van der Waals surface area contributed by atoms with Gasteiger partial charge in [0.05, 0.1) is 41.5 Å². The zero-order valence-corrected chi connectivity index (χ0v) is 23.5. The summed E-state index contributed by atoms with van der Waals surface area (Å²) in [5.41, 5.74) is 4.60. The van der Waals surface area contributed by atoms with Crippen LogP contribution in [0, 0.1) is 17.0 Å². The highest BCUT2D eigenvalue weighted by atomic mass is 32.2. The van der Waals surface area contributed by atoms with Crippen molar-refractivity contribution in [1.29, 1.82) is 0 Å². The van der Waals surface area contributed by atoms with Crippen LogP contribution in [-0.4, -0.2) is 64.9 Å². The lowest BCUT2D eigenvalue weighted by molar-refractivity contribution is -0.384. The fraction of sp³-hybridized carbons (Fsp3) is 0.286. The number of rotatable bonds is 11. The molecule has 3 aromatic carbocycles. The average molecular weight is 582 g/mol. The molecule has 41 heavy (non-hydrogen) atoms. The molecule has 1 fully saturated rings. The molecule has 13 heteroatoms. The summed E-state index contributed by atoms with van der Waals surface area (Å²) < 4.78 is 39.1. The monoisotopic (exact) mass is 581 g/mol. The van der Waals surface area contributed by atoms with Gasteiger partial charge in [-0.05, 0) is 56.3 Å². The number of morpholine rings is 1. The number of ether oxygens (including phenoxy) is 2. The number of nitro groups is 1. The van der Waals surface area contributed by atoms with Crippen LogP contribution < -0.4 is 19.4 Å². The molecule has 1 saturated heterocycles. The average Bonchev–Trinajstić information content (AvgIpc) is 2.97. The van der Waals surface area contributed by atoms with Crippen molar-refractivity contribution in [3.05, 3.63) is 88.0 Å². The van der Waals surface area contributed by atoms with E-state index in [9.17, 15) is 23.3 Å². The minimum absolute atomic E-state index is 0.00965. The molecule has 216 valence electrons. The minimum atomic E-state index is -4.14. The van der Waals surface area contributed by atoms with E-state index < -0.39 is 27.4 Å². The van der Waals surface area contributed by atoms with Gasteiger partial charge in [-0.25, -0.2) is 13.8 Å². The summed E-state index contributed by atoms with van der Waals surface area (Å²) in [6, 6.07) is 17.1. The number of carbonyl (C=O) groups excluding carboxylic acids is 1. The molecule has 0 unspecified atom stereocenters. The Balaban J connectivity index is 1.56. The summed E-state index contributed by atoms with van der Waals surface area (Å²) in [5, 5.41) is 15.4.